The summed E-state index contributed by atoms with van der Waals surface area (Å²) in [4.78, 5) is 11.5. The zero-order valence-corrected chi connectivity index (χ0v) is 9.41. The lowest BCUT2D eigenvalue weighted by Gasteiger charge is -2.12. The van der Waals surface area contributed by atoms with E-state index < -0.39 is 18.1 Å². The fourth-order valence-electron chi connectivity index (χ4n) is 1.70. The number of carbonyl (C=O) groups is 1. The van der Waals surface area contributed by atoms with Crippen molar-refractivity contribution in [1.82, 2.24) is 5.32 Å². The second-order valence-electron chi connectivity index (χ2n) is 3.81. The first kappa shape index (κ1) is 12.5. The highest BCUT2D eigenvalue weighted by Crippen LogP contribution is 2.30. The Morgan fingerprint density at radius 2 is 2.06 bits per heavy atom. The predicted octanol–water partition coefficient (Wildman–Crippen LogP) is 2.14. The van der Waals surface area contributed by atoms with Gasteiger partial charge >= 0.3 is 6.18 Å². The topological polar surface area (TPSA) is 38.3 Å². The number of methoxy groups -OCH3 is 1. The van der Waals surface area contributed by atoms with Gasteiger partial charge in [-0.1, -0.05) is 12.1 Å². The third kappa shape index (κ3) is 2.32. The first-order valence-electron chi connectivity index (χ1n) is 5.15. The van der Waals surface area contributed by atoms with Crippen molar-refractivity contribution >= 4 is 11.5 Å². The lowest BCUT2D eigenvalue weighted by Crippen LogP contribution is -2.39. The molecule has 0 spiro atoms. The standard InChI is InChI=1S/C12H10F3NO2/c1-18-8-4-2-3-7(5-8)9-6-10(12(13,14)15)16-11(9)17/h2-6,10H,1H3,(H,16,17)/t10-/m0/s1. The van der Waals surface area contributed by atoms with Crippen molar-refractivity contribution in [1.29, 1.82) is 0 Å². The smallest absolute Gasteiger partial charge is 0.412 e. The van der Waals surface area contributed by atoms with Crippen LogP contribution in [0.15, 0.2) is 30.3 Å². The van der Waals surface area contributed by atoms with Gasteiger partial charge in [-0.2, -0.15) is 13.2 Å². The highest BCUT2D eigenvalue weighted by atomic mass is 19.4. The van der Waals surface area contributed by atoms with Gasteiger partial charge in [-0.05, 0) is 23.8 Å². The minimum Gasteiger partial charge on any atom is -0.497 e. The van der Waals surface area contributed by atoms with Gasteiger partial charge in [0.05, 0.1) is 7.11 Å². The average molecular weight is 257 g/mol. The summed E-state index contributed by atoms with van der Waals surface area (Å²) in [6, 6.07) is 4.42. The second kappa shape index (κ2) is 4.36. The van der Waals surface area contributed by atoms with Gasteiger partial charge in [-0.15, -0.1) is 0 Å². The van der Waals surface area contributed by atoms with E-state index in [9.17, 15) is 18.0 Å². The SMILES string of the molecule is COc1cccc(C2=C[C@@H](C(F)(F)F)NC2=O)c1. The molecular formula is C12H10F3NO2. The summed E-state index contributed by atoms with van der Waals surface area (Å²) in [5.74, 6) is -0.248. The summed E-state index contributed by atoms with van der Waals surface area (Å²) in [6.07, 6.45) is -3.59. The van der Waals surface area contributed by atoms with Gasteiger partial charge in [0.25, 0.3) is 5.91 Å². The Bertz CT molecular complexity index is 508. The highest BCUT2D eigenvalue weighted by molar-refractivity contribution is 6.22. The third-order valence-electron chi connectivity index (χ3n) is 2.60. The van der Waals surface area contributed by atoms with Crippen molar-refractivity contribution in [2.24, 2.45) is 0 Å². The molecule has 1 N–H and O–H groups in total. The molecule has 1 amide bonds. The second-order valence-corrected chi connectivity index (χ2v) is 3.81. The Morgan fingerprint density at radius 3 is 2.61 bits per heavy atom. The third-order valence-corrected chi connectivity index (χ3v) is 2.60. The molecule has 1 atom stereocenters. The van der Waals surface area contributed by atoms with Gasteiger partial charge in [0.1, 0.15) is 11.8 Å². The van der Waals surface area contributed by atoms with Crippen LogP contribution in [0.25, 0.3) is 5.57 Å². The van der Waals surface area contributed by atoms with Gasteiger partial charge in [0.2, 0.25) is 0 Å². The fourth-order valence-corrected chi connectivity index (χ4v) is 1.70. The molecule has 0 saturated heterocycles. The molecule has 6 heteroatoms. The van der Waals surface area contributed by atoms with Crippen LogP contribution in [-0.4, -0.2) is 25.2 Å². The van der Waals surface area contributed by atoms with Crippen molar-refractivity contribution in [3.05, 3.63) is 35.9 Å². The van der Waals surface area contributed by atoms with Crippen LogP contribution in [0.4, 0.5) is 13.2 Å². The molecule has 0 saturated carbocycles. The maximum Gasteiger partial charge on any atom is 0.412 e. The molecule has 1 heterocycles. The van der Waals surface area contributed by atoms with E-state index in [0.29, 0.717) is 11.3 Å². The summed E-state index contributed by atoms with van der Waals surface area (Å²) in [5, 5.41) is 1.88. The molecule has 0 radical (unpaired) electrons. The van der Waals surface area contributed by atoms with E-state index in [1.807, 2.05) is 5.32 Å². The van der Waals surface area contributed by atoms with Crippen LogP contribution >= 0.6 is 0 Å². The molecule has 1 aliphatic rings. The number of ether oxygens (including phenoxy) is 1. The summed E-state index contributed by atoms with van der Waals surface area (Å²) < 4.78 is 42.4. The Labute approximate surface area is 101 Å². The number of rotatable bonds is 2. The molecule has 1 aliphatic heterocycles. The molecule has 3 nitrogen and oxygen atoms in total. The van der Waals surface area contributed by atoms with E-state index in [1.165, 1.54) is 13.2 Å². The Hall–Kier alpha value is -1.98. The van der Waals surface area contributed by atoms with Crippen molar-refractivity contribution in [2.45, 2.75) is 12.2 Å². The first-order valence-corrected chi connectivity index (χ1v) is 5.15. The first-order chi connectivity index (χ1) is 8.41. The number of hydrogen-bond donors (Lipinski definition) is 1. The molecule has 0 bridgehead atoms. The predicted molar refractivity (Wildman–Crippen MR) is 59.0 cm³/mol. The number of halogens is 3. The van der Waals surface area contributed by atoms with Crippen molar-refractivity contribution in [2.75, 3.05) is 7.11 Å². The van der Waals surface area contributed by atoms with Crippen LogP contribution in [-0.2, 0) is 4.79 Å². The van der Waals surface area contributed by atoms with Crippen LogP contribution < -0.4 is 10.1 Å². The van der Waals surface area contributed by atoms with Crippen LogP contribution in [0.5, 0.6) is 5.75 Å². The van der Waals surface area contributed by atoms with Gasteiger partial charge in [-0.3, -0.25) is 4.79 Å². The quantitative estimate of drug-likeness (QED) is 0.881. The number of benzene rings is 1. The van der Waals surface area contributed by atoms with E-state index in [0.717, 1.165) is 6.08 Å². The molecule has 0 aromatic heterocycles. The monoisotopic (exact) mass is 257 g/mol. The number of hydrogen-bond acceptors (Lipinski definition) is 2. The van der Waals surface area contributed by atoms with E-state index in [4.69, 9.17) is 4.74 Å². The fraction of sp³-hybridized carbons (Fsp3) is 0.250. The summed E-state index contributed by atoms with van der Waals surface area (Å²) >= 11 is 0. The van der Waals surface area contributed by atoms with E-state index >= 15 is 0 Å². The molecule has 18 heavy (non-hydrogen) atoms. The van der Waals surface area contributed by atoms with Crippen LogP contribution in [0, 0.1) is 0 Å². The number of amides is 1. The minimum atomic E-state index is -4.48. The van der Waals surface area contributed by atoms with Gasteiger partial charge in [0, 0.05) is 5.57 Å². The van der Waals surface area contributed by atoms with Gasteiger partial charge < -0.3 is 10.1 Å². The number of nitrogens with one attached hydrogen (secondary N) is 1. The number of alkyl halides is 3. The molecular weight excluding hydrogens is 247 g/mol. The zero-order valence-electron chi connectivity index (χ0n) is 9.41. The van der Waals surface area contributed by atoms with Crippen LogP contribution in [0.1, 0.15) is 5.56 Å². The normalized spacial score (nSPS) is 19.4. The van der Waals surface area contributed by atoms with Gasteiger partial charge in [-0.25, -0.2) is 0 Å². The molecule has 1 aromatic rings. The summed E-state index contributed by atoms with van der Waals surface area (Å²) in [6.45, 7) is 0. The largest absolute Gasteiger partial charge is 0.497 e. The Morgan fingerprint density at radius 1 is 1.33 bits per heavy atom. The van der Waals surface area contributed by atoms with E-state index in [2.05, 4.69) is 0 Å². The van der Waals surface area contributed by atoms with E-state index in [-0.39, 0.29) is 5.57 Å². The maximum atomic E-state index is 12.5. The van der Waals surface area contributed by atoms with Crippen molar-refractivity contribution < 1.29 is 22.7 Å². The van der Waals surface area contributed by atoms with Gasteiger partial charge in [0.15, 0.2) is 0 Å². The highest BCUT2D eigenvalue weighted by Gasteiger charge is 2.43. The summed E-state index contributed by atoms with van der Waals surface area (Å²) in [5.41, 5.74) is 0.412. The van der Waals surface area contributed by atoms with E-state index in [1.54, 1.807) is 18.2 Å². The minimum absolute atomic E-state index is 0.0104. The lowest BCUT2D eigenvalue weighted by molar-refractivity contribution is -0.148. The van der Waals surface area contributed by atoms with Crippen molar-refractivity contribution in [3.63, 3.8) is 0 Å². The molecule has 0 fully saturated rings. The molecule has 1 aromatic carbocycles. The Kier molecular flexibility index (Phi) is 3.02. The molecule has 0 unspecified atom stereocenters. The average Bonchev–Trinajstić information content (AvgIpc) is 2.71. The zero-order chi connectivity index (χ0) is 13.3. The van der Waals surface area contributed by atoms with Crippen molar-refractivity contribution in [3.8, 4) is 5.75 Å². The van der Waals surface area contributed by atoms with Crippen LogP contribution in [0.2, 0.25) is 0 Å². The maximum absolute atomic E-state index is 12.5. The lowest BCUT2D eigenvalue weighted by atomic mass is 10.1. The van der Waals surface area contributed by atoms with Crippen LogP contribution in [0.3, 0.4) is 0 Å². The molecule has 96 valence electrons. The number of carbonyl (C=O) groups excluding carboxylic acids is 1. The molecule has 0 aliphatic carbocycles. The molecule has 2 rings (SSSR count). The summed E-state index contributed by atoms with van der Waals surface area (Å²) in [7, 11) is 1.45. The Balaban J connectivity index is 2.35.